The predicted octanol–water partition coefficient (Wildman–Crippen LogP) is 2.70. The van der Waals surface area contributed by atoms with E-state index in [4.69, 9.17) is 0 Å². The lowest BCUT2D eigenvalue weighted by Crippen LogP contribution is -2.32. The quantitative estimate of drug-likeness (QED) is 0.811. The van der Waals surface area contributed by atoms with Crippen LogP contribution in [0, 0.1) is 0 Å². The number of carbonyl (C=O) groups excluding carboxylic acids is 1. The summed E-state index contributed by atoms with van der Waals surface area (Å²) < 4.78 is 0. The maximum Gasteiger partial charge on any atom is 0.314 e. The molecule has 0 atom stereocenters. The number of aryl methyl sites for hydroxylation is 1. The first-order valence-electron chi connectivity index (χ1n) is 5.80. The highest BCUT2D eigenvalue weighted by Gasteiger charge is 2.00. The first kappa shape index (κ1) is 14.5. The Morgan fingerprint density at radius 3 is 2.25 bits per heavy atom. The molecule has 0 bridgehead atoms. The zero-order valence-corrected chi connectivity index (χ0v) is 10.6. The van der Waals surface area contributed by atoms with Gasteiger partial charge in [-0.25, -0.2) is 4.79 Å². The van der Waals surface area contributed by atoms with Gasteiger partial charge in [-0.15, -0.1) is 0 Å². The van der Waals surface area contributed by atoms with Crippen LogP contribution in [0.15, 0.2) is 24.3 Å². The Kier molecular flexibility index (Phi) is 7.94. The van der Waals surface area contributed by atoms with Crippen LogP contribution in [0.2, 0.25) is 0 Å². The Morgan fingerprint density at radius 1 is 1.19 bits per heavy atom. The molecule has 90 valence electrons. The van der Waals surface area contributed by atoms with Gasteiger partial charge in [0.25, 0.3) is 0 Å². The average Bonchev–Trinajstić information content (AvgIpc) is 2.38. The first-order valence-corrected chi connectivity index (χ1v) is 5.80. The Hall–Kier alpha value is -1.51. The summed E-state index contributed by atoms with van der Waals surface area (Å²) in [5, 5.41) is 5.30. The van der Waals surface area contributed by atoms with Gasteiger partial charge >= 0.3 is 6.03 Å². The summed E-state index contributed by atoms with van der Waals surface area (Å²) in [6, 6.07) is 7.98. The Morgan fingerprint density at radius 2 is 1.75 bits per heavy atom. The van der Waals surface area contributed by atoms with Crippen molar-refractivity contribution in [3.63, 3.8) is 0 Å². The van der Waals surface area contributed by atoms with Crippen molar-refractivity contribution < 1.29 is 4.79 Å². The average molecular weight is 222 g/mol. The van der Waals surface area contributed by atoms with Crippen molar-refractivity contribution in [2.24, 2.45) is 0 Å². The molecule has 1 rings (SSSR count). The predicted molar refractivity (Wildman–Crippen MR) is 68.5 cm³/mol. The van der Waals surface area contributed by atoms with Crippen LogP contribution in [0.25, 0.3) is 0 Å². The number of amides is 2. The molecule has 2 amide bonds. The molecule has 2 N–H and O–H groups in total. The molecule has 0 spiro atoms. The van der Waals surface area contributed by atoms with Crippen molar-refractivity contribution in [2.45, 2.75) is 33.7 Å². The summed E-state index contributed by atoms with van der Waals surface area (Å²) in [5.74, 6) is 0. The van der Waals surface area contributed by atoms with Crippen LogP contribution in [0.5, 0.6) is 0 Å². The summed E-state index contributed by atoms with van der Waals surface area (Å²) in [6.07, 6.45) is 0.992. The summed E-state index contributed by atoms with van der Waals surface area (Å²) in [5.41, 5.74) is 2.46. The lowest BCUT2D eigenvalue weighted by atomic mass is 10.1. The molecule has 0 saturated heterocycles. The fraction of sp³-hybridized carbons (Fsp3) is 0.462. The molecule has 0 aliphatic rings. The summed E-state index contributed by atoms with van der Waals surface area (Å²) in [6.45, 7) is 6.70. The van der Waals surface area contributed by atoms with Crippen LogP contribution in [-0.4, -0.2) is 13.1 Å². The number of hydrogen-bond donors (Lipinski definition) is 2. The fourth-order valence-electron chi connectivity index (χ4n) is 1.34. The standard InChI is InChI=1S/C11H16N2O.C2H6/c1-3-9-6-4-5-7-10(9)8-13-11(14)12-2;1-2/h4-7H,3,8H2,1-2H3,(H2,12,13,14);1-2H3. The molecule has 0 radical (unpaired) electrons. The van der Waals surface area contributed by atoms with Crippen LogP contribution in [0.3, 0.4) is 0 Å². The van der Waals surface area contributed by atoms with E-state index in [0.29, 0.717) is 6.54 Å². The van der Waals surface area contributed by atoms with Gasteiger partial charge in [0.05, 0.1) is 0 Å². The summed E-state index contributed by atoms with van der Waals surface area (Å²) >= 11 is 0. The Balaban J connectivity index is 0.00000106. The second kappa shape index (κ2) is 8.77. The topological polar surface area (TPSA) is 41.1 Å². The van der Waals surface area contributed by atoms with Gasteiger partial charge in [-0.1, -0.05) is 45.0 Å². The minimum absolute atomic E-state index is 0.143. The van der Waals surface area contributed by atoms with Crippen LogP contribution < -0.4 is 10.6 Å². The number of benzene rings is 1. The van der Waals surface area contributed by atoms with E-state index in [1.54, 1.807) is 7.05 Å². The minimum Gasteiger partial charge on any atom is -0.341 e. The molecule has 16 heavy (non-hydrogen) atoms. The third-order valence-corrected chi connectivity index (χ3v) is 2.17. The monoisotopic (exact) mass is 222 g/mol. The van der Waals surface area contributed by atoms with Crippen LogP contribution in [-0.2, 0) is 13.0 Å². The van der Waals surface area contributed by atoms with Gasteiger partial charge in [-0.2, -0.15) is 0 Å². The van der Waals surface area contributed by atoms with E-state index in [1.165, 1.54) is 11.1 Å². The highest BCUT2D eigenvalue weighted by Crippen LogP contribution is 2.08. The lowest BCUT2D eigenvalue weighted by molar-refractivity contribution is 0.242. The SMILES string of the molecule is CC.CCc1ccccc1CNC(=O)NC. The van der Waals surface area contributed by atoms with Gasteiger partial charge in [0.1, 0.15) is 0 Å². The number of nitrogens with one attached hydrogen (secondary N) is 2. The van der Waals surface area contributed by atoms with Crippen LogP contribution in [0.1, 0.15) is 31.9 Å². The molecule has 1 aromatic rings. The molecule has 0 heterocycles. The Bertz CT molecular complexity index is 311. The largest absolute Gasteiger partial charge is 0.341 e. The van der Waals surface area contributed by atoms with E-state index < -0.39 is 0 Å². The van der Waals surface area contributed by atoms with Crippen molar-refractivity contribution in [1.29, 1.82) is 0 Å². The van der Waals surface area contributed by atoms with E-state index in [0.717, 1.165) is 6.42 Å². The molecule has 1 aromatic carbocycles. The second-order valence-electron chi connectivity index (χ2n) is 3.05. The lowest BCUT2D eigenvalue weighted by Gasteiger charge is -2.08. The van der Waals surface area contributed by atoms with Crippen molar-refractivity contribution >= 4 is 6.03 Å². The molecule has 3 nitrogen and oxygen atoms in total. The van der Waals surface area contributed by atoms with Gasteiger partial charge in [0.2, 0.25) is 0 Å². The number of rotatable bonds is 3. The molecule has 0 aromatic heterocycles. The zero-order chi connectivity index (χ0) is 12.4. The molecule has 0 fully saturated rings. The second-order valence-corrected chi connectivity index (χ2v) is 3.05. The highest BCUT2D eigenvalue weighted by molar-refractivity contribution is 5.73. The van der Waals surface area contributed by atoms with Crippen LogP contribution >= 0.6 is 0 Å². The van der Waals surface area contributed by atoms with Crippen molar-refractivity contribution in [1.82, 2.24) is 10.6 Å². The zero-order valence-electron chi connectivity index (χ0n) is 10.6. The van der Waals surface area contributed by atoms with E-state index in [9.17, 15) is 4.79 Å². The molecule has 0 aliphatic carbocycles. The minimum atomic E-state index is -0.143. The molecule has 0 saturated carbocycles. The smallest absolute Gasteiger partial charge is 0.314 e. The summed E-state index contributed by atoms with van der Waals surface area (Å²) in [7, 11) is 1.61. The van der Waals surface area contributed by atoms with Gasteiger partial charge in [-0.05, 0) is 17.5 Å². The third kappa shape index (κ3) is 4.82. The van der Waals surface area contributed by atoms with E-state index >= 15 is 0 Å². The van der Waals surface area contributed by atoms with Gasteiger partial charge < -0.3 is 10.6 Å². The maximum atomic E-state index is 11.0. The molecule has 3 heteroatoms. The molecular weight excluding hydrogens is 200 g/mol. The van der Waals surface area contributed by atoms with E-state index in [2.05, 4.69) is 23.6 Å². The van der Waals surface area contributed by atoms with Crippen molar-refractivity contribution in [3.8, 4) is 0 Å². The molecule has 0 unspecified atom stereocenters. The number of hydrogen-bond acceptors (Lipinski definition) is 1. The number of urea groups is 1. The van der Waals surface area contributed by atoms with Crippen LogP contribution in [0.4, 0.5) is 4.79 Å². The summed E-state index contributed by atoms with van der Waals surface area (Å²) in [4.78, 5) is 11.0. The molecular formula is C13H22N2O. The number of carbonyl (C=O) groups is 1. The highest BCUT2D eigenvalue weighted by atomic mass is 16.2. The van der Waals surface area contributed by atoms with Crippen molar-refractivity contribution in [2.75, 3.05) is 7.05 Å². The fourth-order valence-corrected chi connectivity index (χ4v) is 1.34. The normalized spacial score (nSPS) is 8.75. The van der Waals surface area contributed by atoms with Gasteiger partial charge in [0.15, 0.2) is 0 Å². The molecule has 0 aliphatic heterocycles. The maximum absolute atomic E-state index is 11.0. The van der Waals surface area contributed by atoms with Crippen molar-refractivity contribution in [3.05, 3.63) is 35.4 Å². The first-order chi connectivity index (χ1) is 7.77. The van der Waals surface area contributed by atoms with E-state index in [-0.39, 0.29) is 6.03 Å². The van der Waals surface area contributed by atoms with Gasteiger partial charge in [-0.3, -0.25) is 0 Å². The Labute approximate surface area is 98.3 Å². The van der Waals surface area contributed by atoms with E-state index in [1.807, 2.05) is 32.0 Å². The van der Waals surface area contributed by atoms with Gasteiger partial charge in [0, 0.05) is 13.6 Å². The third-order valence-electron chi connectivity index (χ3n) is 2.17.